The average molecular weight is 303 g/mol. The van der Waals surface area contributed by atoms with Crippen LogP contribution in [0.2, 0.25) is 0 Å². The first kappa shape index (κ1) is 15.3. The summed E-state index contributed by atoms with van der Waals surface area (Å²) in [5.41, 5.74) is -1.12. The molecular formula is C13H21NO5S. The molecule has 0 spiro atoms. The second kappa shape index (κ2) is 4.44. The minimum absolute atomic E-state index is 0.223. The smallest absolute Gasteiger partial charge is 0.311 e. The molecule has 0 aromatic rings. The molecule has 2 fully saturated rings. The van der Waals surface area contributed by atoms with Crippen molar-refractivity contribution in [3.63, 3.8) is 0 Å². The quantitative estimate of drug-likeness (QED) is 0.846. The zero-order valence-electron chi connectivity index (χ0n) is 12.0. The van der Waals surface area contributed by atoms with Gasteiger partial charge in [0.1, 0.15) is 0 Å². The van der Waals surface area contributed by atoms with Crippen LogP contribution in [-0.2, 0) is 19.6 Å². The Kier molecular flexibility index (Phi) is 3.40. The van der Waals surface area contributed by atoms with Crippen molar-refractivity contribution in [1.29, 1.82) is 0 Å². The van der Waals surface area contributed by atoms with E-state index in [1.165, 1.54) is 13.8 Å². The molecule has 0 radical (unpaired) electrons. The van der Waals surface area contributed by atoms with Crippen LogP contribution in [0.1, 0.15) is 46.5 Å². The Hall–Kier alpha value is -1.11. The third-order valence-corrected chi connectivity index (χ3v) is 7.15. The van der Waals surface area contributed by atoms with E-state index in [0.29, 0.717) is 18.8 Å². The van der Waals surface area contributed by atoms with E-state index in [0.717, 1.165) is 17.1 Å². The molecule has 0 aromatic carbocycles. The number of carboxylic acids is 1. The number of carbonyl (C=O) groups excluding carboxylic acids is 1. The van der Waals surface area contributed by atoms with Gasteiger partial charge >= 0.3 is 5.97 Å². The molecule has 1 aliphatic heterocycles. The predicted octanol–water partition coefficient (Wildman–Crippen LogP) is 1.22. The monoisotopic (exact) mass is 303 g/mol. The van der Waals surface area contributed by atoms with Gasteiger partial charge in [-0.25, -0.2) is 12.7 Å². The van der Waals surface area contributed by atoms with Crippen LogP contribution < -0.4 is 0 Å². The largest absolute Gasteiger partial charge is 0.481 e. The molecule has 0 atom stereocenters. The number of nitrogens with zero attached hydrogens (tertiary/aromatic N) is 1. The summed E-state index contributed by atoms with van der Waals surface area (Å²) in [5, 5.41) is 9.50. The van der Waals surface area contributed by atoms with Gasteiger partial charge in [0, 0.05) is 0 Å². The number of sulfonamides is 1. The molecule has 114 valence electrons. The molecule has 1 saturated carbocycles. The lowest BCUT2D eigenvalue weighted by Crippen LogP contribution is -2.69. The highest BCUT2D eigenvalue weighted by molar-refractivity contribution is 7.94. The van der Waals surface area contributed by atoms with Crippen molar-refractivity contribution in [2.24, 2.45) is 11.3 Å². The number of amides is 1. The van der Waals surface area contributed by atoms with Gasteiger partial charge in [0.15, 0.2) is 4.75 Å². The number of carbonyl (C=O) groups is 2. The van der Waals surface area contributed by atoms with E-state index in [1.807, 2.05) is 0 Å². The van der Waals surface area contributed by atoms with E-state index < -0.39 is 32.1 Å². The van der Waals surface area contributed by atoms with E-state index in [-0.39, 0.29) is 6.54 Å². The van der Waals surface area contributed by atoms with Gasteiger partial charge in [-0.2, -0.15) is 0 Å². The van der Waals surface area contributed by atoms with Crippen LogP contribution in [0.5, 0.6) is 0 Å². The topological polar surface area (TPSA) is 91.8 Å². The predicted molar refractivity (Wildman–Crippen MR) is 72.4 cm³/mol. The molecule has 0 bridgehead atoms. The number of carboxylic acid groups (broad SMARTS) is 1. The zero-order chi connectivity index (χ0) is 15.3. The third-order valence-electron chi connectivity index (χ3n) is 4.81. The summed E-state index contributed by atoms with van der Waals surface area (Å²) < 4.78 is 23.5. The number of aliphatic carboxylic acids is 1. The molecule has 1 aliphatic carbocycles. The summed E-state index contributed by atoms with van der Waals surface area (Å²) in [6, 6.07) is 0. The second-order valence-corrected chi connectivity index (χ2v) is 9.01. The lowest BCUT2D eigenvalue weighted by Gasteiger charge is -2.47. The van der Waals surface area contributed by atoms with E-state index >= 15 is 0 Å². The van der Waals surface area contributed by atoms with Crippen LogP contribution >= 0.6 is 0 Å². The second-order valence-electron chi connectivity index (χ2n) is 6.60. The number of rotatable bonds is 3. The number of hydrogen-bond donors (Lipinski definition) is 1. The first-order valence-electron chi connectivity index (χ1n) is 6.85. The van der Waals surface area contributed by atoms with E-state index in [1.54, 1.807) is 0 Å². The molecule has 1 saturated heterocycles. The van der Waals surface area contributed by atoms with Crippen LogP contribution in [0.4, 0.5) is 0 Å². The Labute approximate surface area is 119 Å². The fourth-order valence-corrected chi connectivity index (χ4v) is 4.56. The standard InChI is InChI=1S/C13H21NO5S/c1-9-4-6-13(7-5-9,11(16)17)8-14-10(15)12(2,3)20(14,18)19/h9H,4-8H2,1-3H3,(H,16,17). The molecule has 1 amide bonds. The van der Waals surface area contributed by atoms with Gasteiger partial charge in [0.25, 0.3) is 15.9 Å². The van der Waals surface area contributed by atoms with Gasteiger partial charge in [0.05, 0.1) is 12.0 Å². The highest BCUT2D eigenvalue weighted by Gasteiger charge is 2.62. The SMILES string of the molecule is CC1CCC(CN2C(=O)C(C)(C)S2(=O)=O)(C(=O)O)CC1. The third kappa shape index (κ3) is 1.94. The molecule has 6 nitrogen and oxygen atoms in total. The Morgan fingerprint density at radius 1 is 1.35 bits per heavy atom. The van der Waals surface area contributed by atoms with Gasteiger partial charge in [-0.1, -0.05) is 6.92 Å². The highest BCUT2D eigenvalue weighted by Crippen LogP contribution is 2.44. The summed E-state index contributed by atoms with van der Waals surface area (Å²) in [5.74, 6) is -1.06. The van der Waals surface area contributed by atoms with Crippen LogP contribution in [0, 0.1) is 11.3 Å². The van der Waals surface area contributed by atoms with Gasteiger partial charge in [-0.15, -0.1) is 0 Å². The molecule has 1 heterocycles. The minimum Gasteiger partial charge on any atom is -0.481 e. The normalized spacial score (nSPS) is 35.5. The lowest BCUT2D eigenvalue weighted by atomic mass is 9.70. The molecule has 0 unspecified atom stereocenters. The van der Waals surface area contributed by atoms with Crippen LogP contribution in [-0.4, -0.2) is 41.0 Å². The van der Waals surface area contributed by atoms with Crippen molar-refractivity contribution < 1.29 is 23.1 Å². The molecule has 2 rings (SSSR count). The maximum atomic E-state index is 12.1. The van der Waals surface area contributed by atoms with Crippen molar-refractivity contribution >= 4 is 21.9 Å². The fraction of sp³-hybridized carbons (Fsp3) is 0.846. The summed E-state index contributed by atoms with van der Waals surface area (Å²) >= 11 is 0. The zero-order valence-corrected chi connectivity index (χ0v) is 12.9. The van der Waals surface area contributed by atoms with Crippen LogP contribution in [0.3, 0.4) is 0 Å². The Bertz CT molecular complexity index is 543. The van der Waals surface area contributed by atoms with Crippen LogP contribution in [0.15, 0.2) is 0 Å². The summed E-state index contributed by atoms with van der Waals surface area (Å²) in [6.45, 7) is 4.55. The molecule has 0 aromatic heterocycles. The molecular weight excluding hydrogens is 282 g/mol. The van der Waals surface area contributed by atoms with Gasteiger partial charge in [0.2, 0.25) is 0 Å². The Morgan fingerprint density at radius 3 is 2.25 bits per heavy atom. The molecule has 1 N–H and O–H groups in total. The van der Waals surface area contributed by atoms with Crippen molar-refractivity contribution in [3.8, 4) is 0 Å². The maximum absolute atomic E-state index is 12.1. The van der Waals surface area contributed by atoms with Gasteiger partial charge in [-0.05, 0) is 45.4 Å². The van der Waals surface area contributed by atoms with E-state index in [4.69, 9.17) is 0 Å². The van der Waals surface area contributed by atoms with Crippen LogP contribution in [0.25, 0.3) is 0 Å². The summed E-state index contributed by atoms with van der Waals surface area (Å²) in [4.78, 5) is 23.6. The van der Waals surface area contributed by atoms with E-state index in [2.05, 4.69) is 6.92 Å². The van der Waals surface area contributed by atoms with Crippen molar-refractivity contribution in [2.75, 3.05) is 6.54 Å². The minimum atomic E-state index is -3.71. The molecule has 2 aliphatic rings. The van der Waals surface area contributed by atoms with Crippen molar-refractivity contribution in [2.45, 2.75) is 51.2 Å². The highest BCUT2D eigenvalue weighted by atomic mass is 32.2. The number of hydrogen-bond acceptors (Lipinski definition) is 4. The van der Waals surface area contributed by atoms with Crippen molar-refractivity contribution in [3.05, 3.63) is 0 Å². The van der Waals surface area contributed by atoms with Gasteiger partial charge < -0.3 is 5.11 Å². The molecule has 7 heteroatoms. The molecule has 20 heavy (non-hydrogen) atoms. The first-order chi connectivity index (χ1) is 9.04. The Morgan fingerprint density at radius 2 is 1.85 bits per heavy atom. The fourth-order valence-electron chi connectivity index (χ4n) is 2.94. The average Bonchev–Trinajstić information content (AvgIpc) is 2.36. The maximum Gasteiger partial charge on any atom is 0.311 e. The van der Waals surface area contributed by atoms with Gasteiger partial charge in [-0.3, -0.25) is 9.59 Å². The summed E-state index contributed by atoms with van der Waals surface area (Å²) in [6.07, 6.45) is 2.34. The first-order valence-corrected chi connectivity index (χ1v) is 8.29. The Balaban J connectivity index is 2.24. The lowest BCUT2D eigenvalue weighted by molar-refractivity contribution is -0.153. The summed E-state index contributed by atoms with van der Waals surface area (Å²) in [7, 11) is -3.71. The van der Waals surface area contributed by atoms with E-state index in [9.17, 15) is 23.1 Å². The van der Waals surface area contributed by atoms with Crippen molar-refractivity contribution in [1.82, 2.24) is 4.31 Å².